The Hall–Kier alpha value is -2.37. The van der Waals surface area contributed by atoms with Gasteiger partial charge < -0.3 is 14.2 Å². The lowest BCUT2D eigenvalue weighted by molar-refractivity contribution is -0.167. The van der Waals surface area contributed by atoms with Crippen molar-refractivity contribution in [1.82, 2.24) is 0 Å². The van der Waals surface area contributed by atoms with Crippen molar-refractivity contribution in [2.24, 2.45) is 0 Å². The van der Waals surface area contributed by atoms with Crippen molar-refractivity contribution in [3.05, 3.63) is 36.5 Å². The molecule has 0 aliphatic carbocycles. The van der Waals surface area contributed by atoms with Crippen LogP contribution in [0.2, 0.25) is 0 Å². The van der Waals surface area contributed by atoms with E-state index in [2.05, 4.69) is 57.2 Å². The molecule has 0 saturated carbocycles. The van der Waals surface area contributed by atoms with E-state index in [1.807, 2.05) is 0 Å². The van der Waals surface area contributed by atoms with Crippen LogP contribution in [0.5, 0.6) is 0 Å². The molecule has 6 nitrogen and oxygen atoms in total. The Kier molecular flexibility index (Phi) is 44.4. The Morgan fingerprint density at radius 2 is 0.649 bits per heavy atom. The minimum absolute atomic E-state index is 0.0756. The van der Waals surface area contributed by atoms with E-state index >= 15 is 0 Å². The van der Waals surface area contributed by atoms with Gasteiger partial charge in [-0.25, -0.2) is 0 Å². The van der Waals surface area contributed by atoms with Crippen LogP contribution in [-0.4, -0.2) is 37.2 Å². The van der Waals surface area contributed by atoms with E-state index in [-0.39, 0.29) is 31.1 Å². The second-order valence-corrected chi connectivity index (χ2v) is 16.4. The number of rotatable bonds is 44. The highest BCUT2D eigenvalue weighted by molar-refractivity contribution is 5.71. The predicted octanol–water partition coefficient (Wildman–Crippen LogP) is 15.8. The minimum Gasteiger partial charge on any atom is -0.462 e. The van der Waals surface area contributed by atoms with Crippen LogP contribution in [0.1, 0.15) is 252 Å². The Balaban J connectivity index is 4.07. The third kappa shape index (κ3) is 44.6. The first kappa shape index (κ1) is 54.6. The number of hydrogen-bond acceptors (Lipinski definition) is 6. The first-order valence-corrected chi connectivity index (χ1v) is 24.5. The van der Waals surface area contributed by atoms with Gasteiger partial charge in [-0.1, -0.05) is 198 Å². The fourth-order valence-corrected chi connectivity index (χ4v) is 6.86. The summed E-state index contributed by atoms with van der Waals surface area (Å²) in [7, 11) is 0. The van der Waals surface area contributed by atoms with Gasteiger partial charge in [0.2, 0.25) is 0 Å². The highest BCUT2D eigenvalue weighted by atomic mass is 16.6. The smallest absolute Gasteiger partial charge is 0.306 e. The molecule has 0 saturated heterocycles. The summed E-state index contributed by atoms with van der Waals surface area (Å²) in [5.41, 5.74) is 0. The molecule has 0 N–H and O–H groups in total. The van der Waals surface area contributed by atoms with Crippen LogP contribution in [0.25, 0.3) is 0 Å². The van der Waals surface area contributed by atoms with Gasteiger partial charge in [0.25, 0.3) is 0 Å². The van der Waals surface area contributed by atoms with Crippen molar-refractivity contribution in [2.75, 3.05) is 13.2 Å². The first-order chi connectivity index (χ1) is 28.0. The molecule has 0 aromatic heterocycles. The van der Waals surface area contributed by atoms with Gasteiger partial charge in [0.05, 0.1) is 0 Å². The van der Waals surface area contributed by atoms with Gasteiger partial charge in [-0.3, -0.25) is 14.4 Å². The molecule has 0 aromatic rings. The lowest BCUT2D eigenvalue weighted by Crippen LogP contribution is -2.30. The predicted molar refractivity (Wildman–Crippen MR) is 242 cm³/mol. The molecule has 0 aliphatic heterocycles. The van der Waals surface area contributed by atoms with Crippen molar-refractivity contribution in [2.45, 2.75) is 258 Å². The van der Waals surface area contributed by atoms with Crippen LogP contribution in [-0.2, 0) is 28.6 Å². The summed E-state index contributed by atoms with van der Waals surface area (Å²) < 4.78 is 16.6. The highest BCUT2D eigenvalue weighted by Gasteiger charge is 2.19. The Labute approximate surface area is 353 Å². The molecular weight excluding hydrogens is 709 g/mol. The number of hydrogen-bond donors (Lipinski definition) is 0. The molecule has 0 heterocycles. The summed E-state index contributed by atoms with van der Waals surface area (Å²) in [6, 6.07) is 0. The molecule has 332 valence electrons. The molecule has 0 aliphatic rings. The number of ether oxygens (including phenoxy) is 3. The number of unbranched alkanes of at least 4 members (excludes halogenated alkanes) is 27. The highest BCUT2D eigenvalue weighted by Crippen LogP contribution is 2.15. The van der Waals surface area contributed by atoms with Crippen molar-refractivity contribution in [3.8, 4) is 0 Å². The fraction of sp³-hybridized carbons (Fsp3) is 0.824. The fourth-order valence-electron chi connectivity index (χ4n) is 6.86. The summed E-state index contributed by atoms with van der Waals surface area (Å²) in [6.45, 7) is 6.50. The van der Waals surface area contributed by atoms with Crippen LogP contribution < -0.4 is 0 Å². The van der Waals surface area contributed by atoms with Gasteiger partial charge in [-0.05, 0) is 70.6 Å². The third-order valence-corrected chi connectivity index (χ3v) is 10.6. The lowest BCUT2D eigenvalue weighted by atomic mass is 10.0. The number of esters is 3. The van der Waals surface area contributed by atoms with Crippen LogP contribution in [0, 0.1) is 0 Å². The summed E-state index contributed by atoms with van der Waals surface area (Å²) in [4.78, 5) is 37.5. The Bertz CT molecular complexity index is 969. The second-order valence-electron chi connectivity index (χ2n) is 16.4. The van der Waals surface area contributed by atoms with Crippen molar-refractivity contribution in [3.63, 3.8) is 0 Å². The zero-order valence-corrected chi connectivity index (χ0v) is 37.9. The molecule has 0 bridgehead atoms. The van der Waals surface area contributed by atoms with E-state index in [4.69, 9.17) is 14.2 Å². The SMILES string of the molecule is CCCC/C=C\CCCCCCCC(=O)OC(COC(=O)CCCCCCC)COC(=O)CCCCCCCCCCCCC/C=C\C/C=C\CCCCCCC. The molecule has 0 aromatic carbocycles. The minimum atomic E-state index is -0.770. The van der Waals surface area contributed by atoms with Gasteiger partial charge in [-0.2, -0.15) is 0 Å². The Morgan fingerprint density at radius 3 is 1.04 bits per heavy atom. The average molecular weight is 801 g/mol. The maximum atomic E-state index is 12.6. The number of carbonyl (C=O) groups excluding carboxylic acids is 3. The van der Waals surface area contributed by atoms with E-state index in [1.54, 1.807) is 0 Å². The van der Waals surface area contributed by atoms with E-state index in [0.717, 1.165) is 83.5 Å². The Morgan fingerprint density at radius 1 is 0.351 bits per heavy atom. The number of allylic oxidation sites excluding steroid dienone is 6. The van der Waals surface area contributed by atoms with Crippen molar-refractivity contribution < 1.29 is 28.6 Å². The van der Waals surface area contributed by atoms with Crippen molar-refractivity contribution >= 4 is 17.9 Å². The molecule has 1 atom stereocenters. The maximum absolute atomic E-state index is 12.6. The largest absolute Gasteiger partial charge is 0.462 e. The van der Waals surface area contributed by atoms with Gasteiger partial charge in [-0.15, -0.1) is 0 Å². The van der Waals surface area contributed by atoms with Crippen LogP contribution in [0.4, 0.5) is 0 Å². The second kappa shape index (κ2) is 46.3. The molecule has 1 unspecified atom stereocenters. The molecule has 0 amide bonds. The van der Waals surface area contributed by atoms with E-state index < -0.39 is 6.10 Å². The first-order valence-electron chi connectivity index (χ1n) is 24.5. The normalized spacial score (nSPS) is 12.3. The van der Waals surface area contributed by atoms with Gasteiger partial charge in [0.1, 0.15) is 13.2 Å². The van der Waals surface area contributed by atoms with E-state index in [9.17, 15) is 14.4 Å². The zero-order valence-electron chi connectivity index (χ0n) is 37.9. The van der Waals surface area contributed by atoms with Gasteiger partial charge >= 0.3 is 17.9 Å². The summed E-state index contributed by atoms with van der Waals surface area (Å²) in [5.74, 6) is -0.898. The van der Waals surface area contributed by atoms with Crippen molar-refractivity contribution in [1.29, 1.82) is 0 Å². The third-order valence-electron chi connectivity index (χ3n) is 10.6. The van der Waals surface area contributed by atoms with Gasteiger partial charge in [0, 0.05) is 19.3 Å². The molecule has 0 radical (unpaired) electrons. The molecule has 0 fully saturated rings. The maximum Gasteiger partial charge on any atom is 0.306 e. The molecule has 57 heavy (non-hydrogen) atoms. The zero-order chi connectivity index (χ0) is 41.5. The summed E-state index contributed by atoms with van der Waals surface area (Å²) in [5, 5.41) is 0. The standard InChI is InChI=1S/C51H92O6/c1-4-7-10-13-15-17-19-20-21-22-23-24-25-26-27-28-29-30-32-33-35-38-41-44-50(53)56-47-48(46-55-49(52)43-40-37-12-9-6-3)57-51(54)45-42-39-36-34-31-18-16-14-11-8-5-2/h14,16,19-20,22-23,48H,4-13,15,17-18,21,24-47H2,1-3H3/b16-14-,20-19-,23-22-. The van der Waals surface area contributed by atoms with Crippen LogP contribution in [0.3, 0.4) is 0 Å². The van der Waals surface area contributed by atoms with E-state index in [0.29, 0.717) is 19.3 Å². The number of carbonyl (C=O) groups is 3. The topological polar surface area (TPSA) is 78.9 Å². The lowest BCUT2D eigenvalue weighted by Gasteiger charge is -2.18. The van der Waals surface area contributed by atoms with Crippen LogP contribution in [0.15, 0.2) is 36.5 Å². The summed E-state index contributed by atoms with van der Waals surface area (Å²) in [6.07, 6.45) is 53.1. The molecule has 6 heteroatoms. The van der Waals surface area contributed by atoms with E-state index in [1.165, 1.54) is 128 Å². The van der Waals surface area contributed by atoms with Crippen LogP contribution >= 0.6 is 0 Å². The average Bonchev–Trinajstić information content (AvgIpc) is 3.21. The monoisotopic (exact) mass is 801 g/mol. The van der Waals surface area contributed by atoms with Gasteiger partial charge in [0.15, 0.2) is 6.10 Å². The summed E-state index contributed by atoms with van der Waals surface area (Å²) >= 11 is 0. The molecule has 0 rings (SSSR count). The quantitative estimate of drug-likeness (QED) is 0.0264. The molecule has 0 spiro atoms. The molecular formula is C51H92O6.